The summed E-state index contributed by atoms with van der Waals surface area (Å²) in [5.41, 5.74) is 1.80. The maximum atomic E-state index is 13.9. The lowest BCUT2D eigenvalue weighted by Crippen LogP contribution is -2.22. The summed E-state index contributed by atoms with van der Waals surface area (Å²) in [5.74, 6) is 0.234. The van der Waals surface area contributed by atoms with Crippen LogP contribution in [0.4, 0.5) is 24.7 Å². The van der Waals surface area contributed by atoms with Gasteiger partial charge in [0.1, 0.15) is 17.4 Å². The minimum absolute atomic E-state index is 0.0211. The van der Waals surface area contributed by atoms with Gasteiger partial charge in [0.15, 0.2) is 0 Å². The number of alkyl halides is 2. The van der Waals surface area contributed by atoms with Crippen molar-refractivity contribution in [2.45, 2.75) is 26.4 Å². The van der Waals surface area contributed by atoms with Gasteiger partial charge >= 0.3 is 6.11 Å². The summed E-state index contributed by atoms with van der Waals surface area (Å²) in [6.45, 7) is 4.44. The number of hydrogen-bond acceptors (Lipinski definition) is 5. The van der Waals surface area contributed by atoms with Gasteiger partial charge in [-0.3, -0.25) is 9.78 Å². The number of nitrogens with zero attached hydrogens (tertiary/aromatic N) is 3. The molecule has 1 aliphatic rings. The van der Waals surface area contributed by atoms with Crippen LogP contribution in [0.25, 0.3) is 11.1 Å². The largest absolute Gasteiger partial charge is 0.433 e. The molecule has 0 bridgehead atoms. The lowest BCUT2D eigenvalue weighted by atomic mass is 10.1. The van der Waals surface area contributed by atoms with Crippen molar-refractivity contribution in [1.82, 2.24) is 9.97 Å². The standard InChI is InChI=1S/C24H23F3N4O2/c1-15-7-8-31(14-15)22-21(16-9-18(25)13-28-11-16)10-17(12-29-22)23(32)30-19-3-5-20(6-4-19)33-24(2,26)27/h3-6,9-13,15H,7-8,14H2,1-2H3,(H,30,32)/t15-/m1/s1. The molecule has 1 aliphatic heterocycles. The van der Waals surface area contributed by atoms with Crippen molar-refractivity contribution in [1.29, 1.82) is 0 Å². The number of benzene rings is 1. The van der Waals surface area contributed by atoms with Gasteiger partial charge in [-0.05, 0) is 48.7 Å². The van der Waals surface area contributed by atoms with Crippen LogP contribution in [0.15, 0.2) is 55.0 Å². The summed E-state index contributed by atoms with van der Waals surface area (Å²) >= 11 is 0. The van der Waals surface area contributed by atoms with E-state index in [1.807, 2.05) is 0 Å². The Balaban J connectivity index is 1.60. The maximum absolute atomic E-state index is 13.9. The van der Waals surface area contributed by atoms with Crippen molar-refractivity contribution >= 4 is 17.4 Å². The first-order valence-electron chi connectivity index (χ1n) is 10.5. The van der Waals surface area contributed by atoms with E-state index in [4.69, 9.17) is 0 Å². The van der Waals surface area contributed by atoms with Gasteiger partial charge in [0.05, 0.1) is 11.8 Å². The van der Waals surface area contributed by atoms with Crippen LogP contribution in [0.2, 0.25) is 0 Å². The fourth-order valence-electron chi connectivity index (χ4n) is 3.75. The number of halogens is 3. The number of carbonyl (C=O) groups is 1. The van der Waals surface area contributed by atoms with Crippen LogP contribution in [-0.4, -0.2) is 35.1 Å². The molecule has 2 aromatic heterocycles. The lowest BCUT2D eigenvalue weighted by Gasteiger charge is -2.21. The predicted octanol–water partition coefficient (Wildman–Crippen LogP) is 5.37. The predicted molar refractivity (Wildman–Crippen MR) is 119 cm³/mol. The summed E-state index contributed by atoms with van der Waals surface area (Å²) in [7, 11) is 0. The Morgan fingerprint density at radius 1 is 1.18 bits per heavy atom. The Morgan fingerprint density at radius 3 is 2.58 bits per heavy atom. The van der Waals surface area contributed by atoms with E-state index in [1.165, 1.54) is 42.7 Å². The molecule has 0 aliphatic carbocycles. The normalized spacial score (nSPS) is 16.0. The minimum atomic E-state index is -3.30. The van der Waals surface area contributed by atoms with E-state index in [0.29, 0.717) is 35.5 Å². The first-order chi connectivity index (χ1) is 15.7. The zero-order valence-corrected chi connectivity index (χ0v) is 18.2. The van der Waals surface area contributed by atoms with Crippen LogP contribution in [0, 0.1) is 11.7 Å². The summed E-state index contributed by atoms with van der Waals surface area (Å²) in [4.78, 5) is 23.4. The highest BCUT2D eigenvalue weighted by molar-refractivity contribution is 6.05. The van der Waals surface area contributed by atoms with Gasteiger partial charge in [0, 0.05) is 49.2 Å². The monoisotopic (exact) mass is 456 g/mol. The van der Waals surface area contributed by atoms with E-state index in [2.05, 4.69) is 31.8 Å². The van der Waals surface area contributed by atoms with Crippen LogP contribution < -0.4 is 15.0 Å². The van der Waals surface area contributed by atoms with E-state index in [-0.39, 0.29) is 11.3 Å². The molecule has 3 heterocycles. The van der Waals surface area contributed by atoms with E-state index in [0.717, 1.165) is 25.7 Å². The molecule has 1 aromatic carbocycles. The fourth-order valence-corrected chi connectivity index (χ4v) is 3.75. The molecule has 172 valence electrons. The van der Waals surface area contributed by atoms with Crippen LogP contribution in [0.1, 0.15) is 30.6 Å². The second-order valence-electron chi connectivity index (χ2n) is 8.22. The van der Waals surface area contributed by atoms with E-state index >= 15 is 0 Å². The number of amides is 1. The average Bonchev–Trinajstić information content (AvgIpc) is 3.20. The topological polar surface area (TPSA) is 67.4 Å². The zero-order valence-electron chi connectivity index (χ0n) is 18.2. The Hall–Kier alpha value is -3.62. The van der Waals surface area contributed by atoms with Gasteiger partial charge in [-0.2, -0.15) is 8.78 Å². The summed E-state index contributed by atoms with van der Waals surface area (Å²) in [5, 5.41) is 2.71. The maximum Gasteiger partial charge on any atom is 0.394 e. The van der Waals surface area contributed by atoms with Crippen LogP contribution in [-0.2, 0) is 0 Å². The number of rotatable bonds is 6. The van der Waals surface area contributed by atoms with E-state index < -0.39 is 17.8 Å². The van der Waals surface area contributed by atoms with Gasteiger partial charge in [-0.25, -0.2) is 9.37 Å². The molecular formula is C24H23F3N4O2. The molecule has 6 nitrogen and oxygen atoms in total. The van der Waals surface area contributed by atoms with Crippen molar-refractivity contribution in [3.63, 3.8) is 0 Å². The van der Waals surface area contributed by atoms with E-state index in [1.54, 1.807) is 6.07 Å². The van der Waals surface area contributed by atoms with Crippen LogP contribution in [0.5, 0.6) is 5.75 Å². The summed E-state index contributed by atoms with van der Waals surface area (Å²) in [6, 6.07) is 8.62. The molecule has 1 fully saturated rings. The Morgan fingerprint density at radius 2 is 1.94 bits per heavy atom. The van der Waals surface area contributed by atoms with Crippen molar-refractivity contribution in [3.8, 4) is 16.9 Å². The van der Waals surface area contributed by atoms with E-state index in [9.17, 15) is 18.0 Å². The number of hydrogen-bond donors (Lipinski definition) is 1. The second-order valence-corrected chi connectivity index (χ2v) is 8.22. The number of pyridine rings is 2. The fraction of sp³-hybridized carbons (Fsp3) is 0.292. The Kier molecular flexibility index (Phi) is 6.22. The van der Waals surface area contributed by atoms with Crippen molar-refractivity contribution < 1.29 is 22.7 Å². The number of anilines is 2. The minimum Gasteiger partial charge on any atom is -0.433 e. The van der Waals surface area contributed by atoms with Crippen LogP contribution in [0.3, 0.4) is 0 Å². The third kappa shape index (κ3) is 5.60. The second kappa shape index (κ2) is 9.09. The highest BCUT2D eigenvalue weighted by Crippen LogP contribution is 2.33. The molecule has 1 saturated heterocycles. The molecule has 0 radical (unpaired) electrons. The molecule has 33 heavy (non-hydrogen) atoms. The molecule has 9 heteroatoms. The molecule has 1 atom stereocenters. The molecule has 1 N–H and O–H groups in total. The SMILES string of the molecule is C[C@@H]1CCN(c2ncc(C(=O)Nc3ccc(OC(C)(F)F)cc3)cc2-c2cncc(F)c2)C1. The highest BCUT2D eigenvalue weighted by Gasteiger charge is 2.25. The van der Waals surface area contributed by atoms with Gasteiger partial charge in [0.2, 0.25) is 0 Å². The third-order valence-corrected chi connectivity index (χ3v) is 5.28. The average molecular weight is 456 g/mol. The molecule has 3 aromatic rings. The van der Waals surface area contributed by atoms with Crippen molar-refractivity contribution in [2.24, 2.45) is 5.92 Å². The lowest BCUT2D eigenvalue weighted by molar-refractivity contribution is -0.158. The first kappa shape index (κ1) is 22.6. The Bertz CT molecular complexity index is 1150. The zero-order chi connectivity index (χ0) is 23.6. The molecular weight excluding hydrogens is 433 g/mol. The molecule has 4 rings (SSSR count). The van der Waals surface area contributed by atoms with Gasteiger partial charge in [-0.1, -0.05) is 6.92 Å². The quantitative estimate of drug-likeness (QED) is 0.540. The van der Waals surface area contributed by atoms with Gasteiger partial charge in [0.25, 0.3) is 5.91 Å². The third-order valence-electron chi connectivity index (χ3n) is 5.28. The molecule has 0 unspecified atom stereocenters. The number of nitrogens with one attached hydrogen (secondary N) is 1. The highest BCUT2D eigenvalue weighted by atomic mass is 19.3. The number of ether oxygens (including phenoxy) is 1. The summed E-state index contributed by atoms with van der Waals surface area (Å²) in [6.07, 6.45) is 1.85. The summed E-state index contributed by atoms with van der Waals surface area (Å²) < 4.78 is 44.3. The number of carbonyl (C=O) groups excluding carboxylic acids is 1. The van der Waals surface area contributed by atoms with Gasteiger partial charge in [-0.15, -0.1) is 0 Å². The van der Waals surface area contributed by atoms with Crippen molar-refractivity contribution in [2.75, 3.05) is 23.3 Å². The van der Waals surface area contributed by atoms with Crippen LogP contribution >= 0.6 is 0 Å². The first-order valence-corrected chi connectivity index (χ1v) is 10.5. The van der Waals surface area contributed by atoms with Crippen molar-refractivity contribution in [3.05, 3.63) is 66.4 Å². The Labute approximate surface area is 189 Å². The number of aromatic nitrogens is 2. The molecule has 1 amide bonds. The van der Waals surface area contributed by atoms with Gasteiger partial charge < -0.3 is 15.0 Å². The molecule has 0 saturated carbocycles. The smallest absolute Gasteiger partial charge is 0.394 e. The molecule has 0 spiro atoms.